The van der Waals surface area contributed by atoms with E-state index in [0.29, 0.717) is 12.4 Å². The van der Waals surface area contributed by atoms with Crippen molar-refractivity contribution in [2.24, 2.45) is 0 Å². The number of nitrogen functional groups attached to an aromatic ring is 1. The van der Waals surface area contributed by atoms with Crippen LogP contribution in [0.2, 0.25) is 0 Å². The average molecular weight is 237 g/mol. The Morgan fingerprint density at radius 3 is 3.06 bits per heavy atom. The number of rotatable bonds is 2. The Hall–Kier alpha value is -2.05. The molecule has 1 unspecified atom stereocenters. The van der Waals surface area contributed by atoms with Gasteiger partial charge in [0.05, 0.1) is 25.5 Å². The third-order valence-corrected chi connectivity index (χ3v) is 2.68. The van der Waals surface area contributed by atoms with Gasteiger partial charge in [0.25, 0.3) is 0 Å². The summed E-state index contributed by atoms with van der Waals surface area (Å²) in [6.45, 7) is 1.53. The van der Waals surface area contributed by atoms with E-state index >= 15 is 0 Å². The van der Waals surface area contributed by atoms with E-state index in [0.717, 1.165) is 18.8 Å². The van der Waals surface area contributed by atoms with Gasteiger partial charge in [0.2, 0.25) is 0 Å². The van der Waals surface area contributed by atoms with Crippen molar-refractivity contribution in [3.8, 4) is 0 Å². The number of nitrogens with two attached hydrogens (primary N) is 1. The van der Waals surface area contributed by atoms with Gasteiger partial charge in [0.15, 0.2) is 0 Å². The number of amides is 1. The molecule has 1 aromatic heterocycles. The lowest BCUT2D eigenvalue weighted by molar-refractivity contribution is 0.167. The highest BCUT2D eigenvalue weighted by atomic mass is 16.5. The normalized spacial score (nSPS) is 19.1. The van der Waals surface area contributed by atoms with Crippen LogP contribution in [-0.2, 0) is 4.74 Å². The molecule has 2 rings (SSSR count). The Morgan fingerprint density at radius 1 is 1.59 bits per heavy atom. The largest absolute Gasteiger partial charge is 0.453 e. The van der Waals surface area contributed by atoms with Crippen molar-refractivity contribution in [2.45, 2.75) is 12.5 Å². The second-order valence-corrected chi connectivity index (χ2v) is 3.87. The molecule has 1 fully saturated rings. The van der Waals surface area contributed by atoms with Gasteiger partial charge in [-0.1, -0.05) is 0 Å². The second kappa shape index (κ2) is 4.86. The molecule has 0 saturated carbocycles. The van der Waals surface area contributed by atoms with Crippen molar-refractivity contribution >= 4 is 17.7 Å². The van der Waals surface area contributed by atoms with Gasteiger partial charge in [-0.25, -0.2) is 14.8 Å². The molecule has 1 aliphatic heterocycles. The third kappa shape index (κ3) is 2.74. The molecule has 2 heterocycles. The number of hydrogen-bond acceptors (Lipinski definition) is 6. The highest BCUT2D eigenvalue weighted by molar-refractivity contribution is 5.67. The monoisotopic (exact) mass is 237 g/mol. The van der Waals surface area contributed by atoms with Gasteiger partial charge in [0, 0.05) is 13.1 Å². The fourth-order valence-electron chi connectivity index (χ4n) is 1.81. The Labute approximate surface area is 99.0 Å². The van der Waals surface area contributed by atoms with Crippen molar-refractivity contribution < 1.29 is 9.53 Å². The van der Waals surface area contributed by atoms with E-state index in [2.05, 4.69) is 20.0 Å². The number of ether oxygens (including phenoxy) is 1. The highest BCUT2D eigenvalue weighted by Crippen LogP contribution is 2.17. The molecular formula is C10H15N5O2. The minimum absolute atomic E-state index is 0.0850. The van der Waals surface area contributed by atoms with Gasteiger partial charge in [-0.2, -0.15) is 0 Å². The van der Waals surface area contributed by atoms with E-state index in [1.807, 2.05) is 4.90 Å². The number of nitrogens with one attached hydrogen (secondary N) is 1. The van der Waals surface area contributed by atoms with Crippen molar-refractivity contribution in [3.63, 3.8) is 0 Å². The molecule has 7 nitrogen and oxygen atoms in total. The topological polar surface area (TPSA) is 93.4 Å². The summed E-state index contributed by atoms with van der Waals surface area (Å²) in [5, 5.41) is 2.76. The fraction of sp³-hybridized carbons (Fsp3) is 0.500. The first-order valence-electron chi connectivity index (χ1n) is 5.36. The Morgan fingerprint density at radius 2 is 2.41 bits per heavy atom. The van der Waals surface area contributed by atoms with Crippen LogP contribution in [-0.4, -0.2) is 42.3 Å². The number of alkyl carbamates (subject to hydrolysis) is 1. The zero-order valence-corrected chi connectivity index (χ0v) is 9.59. The van der Waals surface area contributed by atoms with Crippen LogP contribution < -0.4 is 16.0 Å². The lowest BCUT2D eigenvalue weighted by Crippen LogP contribution is -2.37. The quantitative estimate of drug-likeness (QED) is 0.751. The van der Waals surface area contributed by atoms with Gasteiger partial charge < -0.3 is 20.7 Å². The van der Waals surface area contributed by atoms with Crippen LogP contribution in [0.3, 0.4) is 0 Å². The molecule has 17 heavy (non-hydrogen) atoms. The molecule has 0 aromatic carbocycles. The van der Waals surface area contributed by atoms with Crippen LogP contribution in [0.5, 0.6) is 0 Å². The molecule has 1 saturated heterocycles. The highest BCUT2D eigenvalue weighted by Gasteiger charge is 2.25. The van der Waals surface area contributed by atoms with Crippen LogP contribution in [0.1, 0.15) is 6.42 Å². The molecule has 0 aliphatic carbocycles. The number of nitrogens with zero attached hydrogens (tertiary/aromatic N) is 3. The number of methoxy groups -OCH3 is 1. The van der Waals surface area contributed by atoms with Gasteiger partial charge in [-0.3, -0.25) is 0 Å². The van der Waals surface area contributed by atoms with Crippen LogP contribution in [0.15, 0.2) is 12.4 Å². The molecule has 1 aliphatic rings. The van der Waals surface area contributed by atoms with E-state index in [4.69, 9.17) is 5.73 Å². The molecule has 1 aromatic rings. The second-order valence-electron chi connectivity index (χ2n) is 3.87. The molecule has 3 N–H and O–H groups in total. The van der Waals surface area contributed by atoms with Crippen LogP contribution in [0.4, 0.5) is 16.4 Å². The van der Waals surface area contributed by atoms with E-state index < -0.39 is 6.09 Å². The van der Waals surface area contributed by atoms with Crippen molar-refractivity contribution in [1.82, 2.24) is 15.3 Å². The number of anilines is 2. The number of carbonyl (C=O) groups excluding carboxylic acids is 1. The lowest BCUT2D eigenvalue weighted by Gasteiger charge is -2.17. The summed E-state index contributed by atoms with van der Waals surface area (Å²) >= 11 is 0. The summed E-state index contributed by atoms with van der Waals surface area (Å²) in [7, 11) is 1.35. The van der Waals surface area contributed by atoms with Gasteiger partial charge in [-0.05, 0) is 6.42 Å². The predicted octanol–water partition coefficient (Wildman–Crippen LogP) is -0.00650. The smallest absolute Gasteiger partial charge is 0.407 e. The summed E-state index contributed by atoms with van der Waals surface area (Å²) < 4.78 is 4.56. The maximum atomic E-state index is 11.1. The number of hydrogen-bond donors (Lipinski definition) is 2. The van der Waals surface area contributed by atoms with Gasteiger partial charge in [0.1, 0.15) is 11.6 Å². The standard InChI is InChI=1S/C10H15N5O2/c1-17-10(16)14-7-2-3-15(6-7)9-5-12-8(11)4-13-9/h4-5,7H,2-3,6H2,1H3,(H2,11,12)(H,14,16). The van der Waals surface area contributed by atoms with E-state index in [1.54, 1.807) is 6.20 Å². The predicted molar refractivity (Wildman–Crippen MR) is 62.6 cm³/mol. The average Bonchev–Trinajstić information content (AvgIpc) is 2.78. The summed E-state index contributed by atoms with van der Waals surface area (Å²) in [6, 6.07) is 0.0850. The minimum Gasteiger partial charge on any atom is -0.453 e. The van der Waals surface area contributed by atoms with Crippen molar-refractivity contribution in [2.75, 3.05) is 30.8 Å². The Balaban J connectivity index is 1.93. The minimum atomic E-state index is -0.403. The van der Waals surface area contributed by atoms with Crippen LogP contribution in [0.25, 0.3) is 0 Å². The summed E-state index contributed by atoms with van der Waals surface area (Å²) in [5.41, 5.74) is 5.47. The zero-order chi connectivity index (χ0) is 12.3. The lowest BCUT2D eigenvalue weighted by atomic mass is 10.3. The molecule has 0 bridgehead atoms. The van der Waals surface area contributed by atoms with E-state index in [9.17, 15) is 4.79 Å². The molecule has 7 heteroatoms. The van der Waals surface area contributed by atoms with Crippen LogP contribution in [0, 0.1) is 0 Å². The number of aromatic nitrogens is 2. The fourth-order valence-corrected chi connectivity index (χ4v) is 1.81. The molecule has 92 valence electrons. The molecule has 0 spiro atoms. The summed E-state index contributed by atoms with van der Waals surface area (Å²) in [6.07, 6.45) is 3.62. The first kappa shape index (κ1) is 11.4. The molecular weight excluding hydrogens is 222 g/mol. The Bertz CT molecular complexity index is 394. The maximum absolute atomic E-state index is 11.1. The molecule has 0 radical (unpaired) electrons. The molecule has 1 atom stereocenters. The third-order valence-electron chi connectivity index (χ3n) is 2.68. The Kier molecular flexibility index (Phi) is 3.27. The summed E-state index contributed by atoms with van der Waals surface area (Å²) in [4.78, 5) is 21.3. The first-order chi connectivity index (χ1) is 8.19. The SMILES string of the molecule is COC(=O)NC1CCN(c2cnc(N)cn2)C1. The van der Waals surface area contributed by atoms with E-state index in [1.165, 1.54) is 13.3 Å². The molecule has 1 amide bonds. The first-order valence-corrected chi connectivity index (χ1v) is 5.36. The zero-order valence-electron chi connectivity index (χ0n) is 9.59. The summed E-state index contributed by atoms with van der Waals surface area (Å²) in [5.74, 6) is 1.17. The van der Waals surface area contributed by atoms with Crippen molar-refractivity contribution in [3.05, 3.63) is 12.4 Å². The van der Waals surface area contributed by atoms with Crippen LogP contribution >= 0.6 is 0 Å². The van der Waals surface area contributed by atoms with Crippen molar-refractivity contribution in [1.29, 1.82) is 0 Å². The van der Waals surface area contributed by atoms with E-state index in [-0.39, 0.29) is 6.04 Å². The number of carbonyl (C=O) groups is 1. The van der Waals surface area contributed by atoms with Gasteiger partial charge in [-0.15, -0.1) is 0 Å². The maximum Gasteiger partial charge on any atom is 0.407 e. The van der Waals surface area contributed by atoms with Gasteiger partial charge >= 0.3 is 6.09 Å².